The zero-order chi connectivity index (χ0) is 31.1. The van der Waals surface area contributed by atoms with Gasteiger partial charge in [0.15, 0.2) is 5.41 Å². The molecule has 3 rings (SSSR count). The minimum atomic E-state index is -2.04. The van der Waals surface area contributed by atoms with E-state index in [0.717, 1.165) is 10.5 Å². The summed E-state index contributed by atoms with van der Waals surface area (Å²) >= 11 is 0. The molecule has 0 bridgehead atoms. The standard InChI is InChI=1S/C31H39N3O8/c1-6-16-30(27(38)42-32,26(37)40-19-21-11-8-7-9-12-21)20-34(5)25(36)31(33-28(39)41-29(2,3)4)17-15-22-13-10-14-24(35)23(22)18-31/h6-14,35H,1,15-20,32H2,2-5H3,(H,33,39)/t30-,31-/m0/s1. The van der Waals surface area contributed by atoms with E-state index in [1.807, 2.05) is 12.1 Å². The molecule has 0 radical (unpaired) electrons. The fraction of sp³-hybridized carbons (Fsp3) is 0.419. The number of ether oxygens (including phenoxy) is 2. The molecule has 2 amide bonds. The Morgan fingerprint density at radius 2 is 1.79 bits per heavy atom. The van der Waals surface area contributed by atoms with Crippen LogP contribution in [0.1, 0.15) is 50.3 Å². The molecular weight excluding hydrogens is 542 g/mol. The lowest BCUT2D eigenvalue weighted by atomic mass is 9.76. The van der Waals surface area contributed by atoms with Crippen molar-refractivity contribution in [2.45, 2.75) is 64.2 Å². The van der Waals surface area contributed by atoms with E-state index < -0.39 is 47.0 Å². The molecule has 0 fully saturated rings. The minimum Gasteiger partial charge on any atom is -0.508 e. The highest BCUT2D eigenvalue weighted by molar-refractivity contribution is 6.01. The molecule has 0 spiro atoms. The quantitative estimate of drug-likeness (QED) is 0.166. The molecule has 1 aliphatic rings. The van der Waals surface area contributed by atoms with E-state index in [1.165, 1.54) is 19.2 Å². The topological polar surface area (TPSA) is 157 Å². The molecule has 1 aliphatic carbocycles. The Labute approximate surface area is 245 Å². The van der Waals surface area contributed by atoms with Crippen LogP contribution in [0.4, 0.5) is 4.79 Å². The average molecular weight is 582 g/mol. The maximum absolute atomic E-state index is 14.2. The zero-order valence-electron chi connectivity index (χ0n) is 24.5. The van der Waals surface area contributed by atoms with Crippen molar-refractivity contribution in [3.8, 4) is 5.75 Å². The van der Waals surface area contributed by atoms with Crippen molar-refractivity contribution in [3.63, 3.8) is 0 Å². The number of amides is 2. The van der Waals surface area contributed by atoms with E-state index in [9.17, 15) is 24.3 Å². The van der Waals surface area contributed by atoms with Crippen molar-refractivity contribution < 1.29 is 38.6 Å². The Kier molecular flexibility index (Phi) is 10.0. The van der Waals surface area contributed by atoms with Gasteiger partial charge in [0, 0.05) is 20.0 Å². The number of nitrogens with two attached hydrogens (primary N) is 1. The summed E-state index contributed by atoms with van der Waals surface area (Å²) in [5.74, 6) is 2.55. The first-order valence-electron chi connectivity index (χ1n) is 13.6. The molecule has 2 aromatic carbocycles. The number of esters is 1. The summed E-state index contributed by atoms with van der Waals surface area (Å²) in [6.45, 7) is 8.12. The molecule has 0 aliphatic heterocycles. The molecule has 226 valence electrons. The van der Waals surface area contributed by atoms with Gasteiger partial charge in [-0.3, -0.25) is 9.59 Å². The van der Waals surface area contributed by atoms with Crippen molar-refractivity contribution in [1.29, 1.82) is 0 Å². The van der Waals surface area contributed by atoms with Crippen molar-refractivity contribution in [1.82, 2.24) is 10.2 Å². The Morgan fingerprint density at radius 1 is 1.10 bits per heavy atom. The van der Waals surface area contributed by atoms with E-state index in [-0.39, 0.29) is 31.6 Å². The number of nitrogens with one attached hydrogen (secondary N) is 1. The predicted octanol–water partition coefficient (Wildman–Crippen LogP) is 3.33. The molecule has 11 heteroatoms. The number of phenolic OH excluding ortho intramolecular Hbond substituents is 1. The van der Waals surface area contributed by atoms with Crippen LogP contribution in [0.3, 0.4) is 0 Å². The third kappa shape index (κ3) is 7.27. The van der Waals surface area contributed by atoms with E-state index >= 15 is 0 Å². The third-order valence-electron chi connectivity index (χ3n) is 7.15. The highest BCUT2D eigenvalue weighted by Crippen LogP contribution is 2.36. The average Bonchev–Trinajstić information content (AvgIpc) is 2.94. The number of nitrogens with zero attached hydrogens (tertiary/aromatic N) is 1. The zero-order valence-corrected chi connectivity index (χ0v) is 24.5. The van der Waals surface area contributed by atoms with E-state index in [1.54, 1.807) is 51.1 Å². The summed E-state index contributed by atoms with van der Waals surface area (Å²) in [7, 11) is 1.40. The molecule has 42 heavy (non-hydrogen) atoms. The van der Waals surface area contributed by atoms with Crippen LogP contribution < -0.4 is 11.2 Å². The number of phenols is 1. The SMILES string of the molecule is C=CC[C@@](CN(C)C(=O)[C@]1(NC(=O)OC(C)(C)C)CCc2cccc(O)c2C1)(C(=O)ON)C(=O)OCc1ccccc1. The van der Waals surface area contributed by atoms with Crippen molar-refractivity contribution in [3.05, 3.63) is 77.9 Å². The molecular formula is C31H39N3O8. The van der Waals surface area contributed by atoms with Crippen LogP contribution in [-0.2, 0) is 48.1 Å². The van der Waals surface area contributed by atoms with Crippen LogP contribution in [0, 0.1) is 5.41 Å². The molecule has 0 unspecified atom stereocenters. The van der Waals surface area contributed by atoms with Crippen LogP contribution in [-0.4, -0.2) is 58.7 Å². The summed E-state index contributed by atoms with van der Waals surface area (Å²) in [4.78, 5) is 59.5. The Balaban J connectivity index is 1.97. The smallest absolute Gasteiger partial charge is 0.408 e. The summed E-state index contributed by atoms with van der Waals surface area (Å²) < 4.78 is 11.0. The summed E-state index contributed by atoms with van der Waals surface area (Å²) in [5.41, 5.74) is -2.43. The predicted molar refractivity (Wildman–Crippen MR) is 154 cm³/mol. The summed E-state index contributed by atoms with van der Waals surface area (Å²) in [6, 6.07) is 13.9. The van der Waals surface area contributed by atoms with Crippen LogP contribution in [0.15, 0.2) is 61.2 Å². The maximum atomic E-state index is 14.2. The number of likely N-dealkylation sites (N-methyl/N-ethyl adjacent to an activating group) is 1. The Morgan fingerprint density at radius 3 is 2.40 bits per heavy atom. The van der Waals surface area contributed by atoms with Crippen molar-refractivity contribution in [2.24, 2.45) is 11.3 Å². The summed E-state index contributed by atoms with van der Waals surface area (Å²) in [6.07, 6.45) is 0.740. The number of rotatable bonds is 10. The van der Waals surface area contributed by atoms with Gasteiger partial charge in [-0.1, -0.05) is 48.5 Å². The second-order valence-corrected chi connectivity index (χ2v) is 11.5. The monoisotopic (exact) mass is 581 g/mol. The van der Waals surface area contributed by atoms with Gasteiger partial charge in [0.2, 0.25) is 5.91 Å². The van der Waals surface area contributed by atoms with Gasteiger partial charge in [-0.25, -0.2) is 9.59 Å². The number of benzene rings is 2. The molecule has 0 aromatic heterocycles. The van der Waals surface area contributed by atoms with Crippen LogP contribution in [0.25, 0.3) is 0 Å². The van der Waals surface area contributed by atoms with Gasteiger partial charge in [-0.05, 0) is 62.8 Å². The van der Waals surface area contributed by atoms with Gasteiger partial charge in [-0.15, -0.1) is 6.58 Å². The maximum Gasteiger partial charge on any atom is 0.408 e. The lowest BCUT2D eigenvalue weighted by Crippen LogP contribution is -2.64. The molecule has 11 nitrogen and oxygen atoms in total. The highest BCUT2D eigenvalue weighted by Gasteiger charge is 2.53. The minimum absolute atomic E-state index is 0.0183. The number of hydrogen-bond acceptors (Lipinski definition) is 9. The van der Waals surface area contributed by atoms with Crippen LogP contribution >= 0.6 is 0 Å². The number of carbonyl (C=O) groups excluding carboxylic acids is 4. The van der Waals surface area contributed by atoms with E-state index in [4.69, 9.17) is 15.4 Å². The number of fused-ring (bicyclic) bond motifs is 1. The molecule has 2 aromatic rings. The first-order chi connectivity index (χ1) is 19.8. The number of hydrogen-bond donors (Lipinski definition) is 3. The fourth-order valence-corrected chi connectivity index (χ4v) is 5.15. The van der Waals surface area contributed by atoms with Gasteiger partial charge in [0.25, 0.3) is 0 Å². The lowest BCUT2D eigenvalue weighted by Gasteiger charge is -2.41. The Bertz CT molecular complexity index is 1320. The summed E-state index contributed by atoms with van der Waals surface area (Å²) in [5, 5.41) is 13.3. The normalized spacial score (nSPS) is 17.5. The van der Waals surface area contributed by atoms with Crippen molar-refractivity contribution >= 4 is 23.9 Å². The van der Waals surface area contributed by atoms with E-state index in [2.05, 4.69) is 16.7 Å². The molecule has 4 N–H and O–H groups in total. The molecule has 0 saturated carbocycles. The largest absolute Gasteiger partial charge is 0.508 e. The second-order valence-electron chi connectivity index (χ2n) is 11.5. The number of carbonyl (C=O) groups is 4. The first kappa shape index (κ1) is 32.1. The van der Waals surface area contributed by atoms with Gasteiger partial charge in [0.05, 0.1) is 0 Å². The van der Waals surface area contributed by atoms with Crippen LogP contribution in [0.2, 0.25) is 0 Å². The van der Waals surface area contributed by atoms with Gasteiger partial charge < -0.3 is 29.6 Å². The third-order valence-corrected chi connectivity index (χ3v) is 7.15. The van der Waals surface area contributed by atoms with E-state index in [0.29, 0.717) is 17.5 Å². The number of aryl methyl sites for hydroxylation is 1. The lowest BCUT2D eigenvalue weighted by molar-refractivity contribution is -0.175. The van der Waals surface area contributed by atoms with Crippen molar-refractivity contribution in [2.75, 3.05) is 13.6 Å². The number of allylic oxidation sites excluding steroid dienone is 1. The first-order valence-corrected chi connectivity index (χ1v) is 13.6. The van der Waals surface area contributed by atoms with Gasteiger partial charge in [0.1, 0.15) is 23.5 Å². The fourth-order valence-electron chi connectivity index (χ4n) is 5.15. The number of aromatic hydroxyl groups is 1. The second kappa shape index (κ2) is 13.1. The highest BCUT2D eigenvalue weighted by atomic mass is 16.7. The molecule has 2 atom stereocenters. The van der Waals surface area contributed by atoms with Gasteiger partial charge >= 0.3 is 18.0 Å². The molecule has 0 heterocycles. The molecule has 0 saturated heterocycles. The Hall–Kier alpha value is -4.38. The van der Waals surface area contributed by atoms with Crippen LogP contribution in [0.5, 0.6) is 5.75 Å². The number of alkyl carbamates (subject to hydrolysis) is 1. The van der Waals surface area contributed by atoms with Gasteiger partial charge in [-0.2, -0.15) is 5.90 Å².